The fourth-order valence-corrected chi connectivity index (χ4v) is 2.07. The van der Waals surface area contributed by atoms with Gasteiger partial charge in [0, 0.05) is 7.05 Å². The minimum Gasteiger partial charge on any atom is -0.252 e. The van der Waals surface area contributed by atoms with E-state index in [2.05, 4.69) is 25.5 Å². The molecule has 0 aliphatic rings. The van der Waals surface area contributed by atoms with Crippen LogP contribution in [0.25, 0.3) is 11.0 Å². The van der Waals surface area contributed by atoms with Crippen LogP contribution in [0, 0.1) is 0 Å². The van der Waals surface area contributed by atoms with E-state index in [1.807, 2.05) is 24.3 Å². The minimum atomic E-state index is 0.689. The van der Waals surface area contributed by atoms with Crippen LogP contribution in [0.15, 0.2) is 40.6 Å². The summed E-state index contributed by atoms with van der Waals surface area (Å²) in [6.45, 7) is 0. The summed E-state index contributed by atoms with van der Waals surface area (Å²) in [4.78, 5) is 8.81. The lowest BCUT2D eigenvalue weighted by molar-refractivity contribution is 0.664. The lowest BCUT2D eigenvalue weighted by Crippen LogP contribution is -1.94. The zero-order chi connectivity index (χ0) is 11.7. The van der Waals surface area contributed by atoms with Crippen molar-refractivity contribution >= 4 is 22.8 Å². The maximum atomic E-state index is 4.48. The van der Waals surface area contributed by atoms with Crippen LogP contribution in [-0.4, -0.2) is 30.2 Å². The number of aryl methyl sites for hydroxylation is 1. The molecule has 0 aliphatic carbocycles. The van der Waals surface area contributed by atoms with E-state index in [-0.39, 0.29) is 0 Å². The van der Waals surface area contributed by atoms with Gasteiger partial charge in [-0.3, -0.25) is 4.98 Å². The van der Waals surface area contributed by atoms with Gasteiger partial charge in [0.15, 0.2) is 0 Å². The van der Waals surface area contributed by atoms with Gasteiger partial charge in [-0.15, -0.1) is 5.10 Å². The highest BCUT2D eigenvalue weighted by atomic mass is 32.2. The topological polar surface area (TPSA) is 69.4 Å². The Morgan fingerprint density at radius 1 is 1.18 bits per heavy atom. The van der Waals surface area contributed by atoms with Crippen LogP contribution in [0.4, 0.5) is 0 Å². The Bertz CT molecular complexity index is 664. The van der Waals surface area contributed by atoms with E-state index in [0.29, 0.717) is 5.16 Å². The second-order valence-corrected chi connectivity index (χ2v) is 4.37. The van der Waals surface area contributed by atoms with E-state index in [1.54, 1.807) is 17.9 Å². The maximum Gasteiger partial charge on any atom is 0.215 e. The zero-order valence-electron chi connectivity index (χ0n) is 8.98. The first-order valence-corrected chi connectivity index (χ1v) is 5.76. The van der Waals surface area contributed by atoms with E-state index < -0.39 is 0 Å². The first-order valence-electron chi connectivity index (χ1n) is 4.95. The van der Waals surface area contributed by atoms with Gasteiger partial charge in [-0.05, 0) is 34.3 Å². The first-order chi connectivity index (χ1) is 8.33. The van der Waals surface area contributed by atoms with Crippen molar-refractivity contribution in [3.8, 4) is 0 Å². The molecule has 0 saturated carbocycles. The molecular formula is C10H8N6S. The van der Waals surface area contributed by atoms with Crippen LogP contribution < -0.4 is 0 Å². The van der Waals surface area contributed by atoms with Crippen molar-refractivity contribution in [2.45, 2.75) is 10.2 Å². The van der Waals surface area contributed by atoms with Gasteiger partial charge >= 0.3 is 0 Å². The molecular weight excluding hydrogens is 236 g/mol. The van der Waals surface area contributed by atoms with Crippen LogP contribution in [0.3, 0.4) is 0 Å². The number of tetrazole rings is 1. The highest BCUT2D eigenvalue weighted by molar-refractivity contribution is 7.99. The second kappa shape index (κ2) is 4.10. The normalized spacial score (nSPS) is 10.9. The highest BCUT2D eigenvalue weighted by Gasteiger charge is 2.07. The molecule has 84 valence electrons. The van der Waals surface area contributed by atoms with E-state index in [1.165, 1.54) is 11.8 Å². The average molecular weight is 244 g/mol. The van der Waals surface area contributed by atoms with E-state index in [0.717, 1.165) is 16.1 Å². The lowest BCUT2D eigenvalue weighted by Gasteiger charge is -2.00. The van der Waals surface area contributed by atoms with Crippen LogP contribution in [0.2, 0.25) is 0 Å². The van der Waals surface area contributed by atoms with Crippen LogP contribution in [0.1, 0.15) is 0 Å². The Balaban J connectivity index is 1.99. The minimum absolute atomic E-state index is 0.689. The maximum absolute atomic E-state index is 4.48. The Kier molecular flexibility index (Phi) is 2.45. The van der Waals surface area contributed by atoms with E-state index in [4.69, 9.17) is 0 Å². The molecule has 0 N–H and O–H groups in total. The molecule has 7 heteroatoms. The van der Waals surface area contributed by atoms with Crippen molar-refractivity contribution in [1.82, 2.24) is 30.2 Å². The molecule has 0 radical (unpaired) electrons. The molecule has 0 aliphatic heterocycles. The molecule has 0 saturated heterocycles. The summed E-state index contributed by atoms with van der Waals surface area (Å²) < 4.78 is 1.60. The molecule has 0 unspecified atom stereocenters. The molecule has 0 fully saturated rings. The third-order valence-electron chi connectivity index (χ3n) is 2.20. The number of fused-ring (bicyclic) bond motifs is 1. The molecule has 0 spiro atoms. The van der Waals surface area contributed by atoms with Gasteiger partial charge in [-0.2, -0.15) is 0 Å². The summed E-state index contributed by atoms with van der Waals surface area (Å²) in [6.07, 6.45) is 1.72. The zero-order valence-corrected chi connectivity index (χ0v) is 9.79. The molecule has 2 heterocycles. The Morgan fingerprint density at radius 3 is 2.76 bits per heavy atom. The van der Waals surface area contributed by atoms with Gasteiger partial charge in [-0.1, -0.05) is 12.1 Å². The van der Waals surface area contributed by atoms with Crippen molar-refractivity contribution in [2.24, 2.45) is 7.05 Å². The van der Waals surface area contributed by atoms with Crippen molar-refractivity contribution in [3.63, 3.8) is 0 Å². The van der Waals surface area contributed by atoms with E-state index in [9.17, 15) is 0 Å². The molecule has 0 bridgehead atoms. The summed E-state index contributed by atoms with van der Waals surface area (Å²) in [6, 6.07) is 7.74. The quantitative estimate of drug-likeness (QED) is 0.677. The van der Waals surface area contributed by atoms with Gasteiger partial charge in [0.25, 0.3) is 0 Å². The number of aromatic nitrogens is 6. The summed E-state index contributed by atoms with van der Waals surface area (Å²) in [5.41, 5.74) is 1.75. The SMILES string of the molecule is Cn1nnnc1Sc1cnc2ccccc2n1. The van der Waals surface area contributed by atoms with Crippen molar-refractivity contribution in [3.05, 3.63) is 30.5 Å². The van der Waals surface area contributed by atoms with Gasteiger partial charge in [-0.25, -0.2) is 9.67 Å². The number of hydrogen-bond acceptors (Lipinski definition) is 6. The Morgan fingerprint density at radius 2 is 2.00 bits per heavy atom. The molecule has 6 nitrogen and oxygen atoms in total. The number of benzene rings is 1. The van der Waals surface area contributed by atoms with Gasteiger partial charge < -0.3 is 0 Å². The third-order valence-corrected chi connectivity index (χ3v) is 3.14. The predicted octanol–water partition coefficient (Wildman–Crippen LogP) is 1.30. The summed E-state index contributed by atoms with van der Waals surface area (Å²) in [7, 11) is 1.79. The Hall–Kier alpha value is -2.02. The molecule has 1 aromatic carbocycles. The molecule has 17 heavy (non-hydrogen) atoms. The van der Waals surface area contributed by atoms with Crippen molar-refractivity contribution in [2.75, 3.05) is 0 Å². The largest absolute Gasteiger partial charge is 0.252 e. The fraction of sp³-hybridized carbons (Fsp3) is 0.100. The monoisotopic (exact) mass is 244 g/mol. The number of nitrogens with zero attached hydrogens (tertiary/aromatic N) is 6. The molecule has 3 aromatic rings. The summed E-state index contributed by atoms with van der Waals surface area (Å²) in [5, 5.41) is 12.7. The summed E-state index contributed by atoms with van der Waals surface area (Å²) in [5.74, 6) is 0. The highest BCUT2D eigenvalue weighted by Crippen LogP contribution is 2.23. The van der Waals surface area contributed by atoms with Crippen molar-refractivity contribution < 1.29 is 0 Å². The number of para-hydroxylation sites is 2. The van der Waals surface area contributed by atoms with Gasteiger partial charge in [0.05, 0.1) is 17.2 Å². The van der Waals surface area contributed by atoms with Crippen LogP contribution >= 0.6 is 11.8 Å². The molecule has 3 rings (SSSR count). The predicted molar refractivity (Wildman–Crippen MR) is 62.5 cm³/mol. The molecule has 2 aromatic heterocycles. The first kappa shape index (κ1) is 10.2. The fourth-order valence-electron chi connectivity index (χ4n) is 1.39. The van der Waals surface area contributed by atoms with Gasteiger partial charge in [0.2, 0.25) is 5.16 Å². The van der Waals surface area contributed by atoms with Crippen LogP contribution in [-0.2, 0) is 7.05 Å². The number of rotatable bonds is 2. The smallest absolute Gasteiger partial charge is 0.215 e. The Labute approximate surface area is 101 Å². The second-order valence-electron chi connectivity index (χ2n) is 3.38. The number of hydrogen-bond donors (Lipinski definition) is 0. The van der Waals surface area contributed by atoms with Gasteiger partial charge in [0.1, 0.15) is 5.03 Å². The molecule has 0 amide bonds. The summed E-state index contributed by atoms with van der Waals surface area (Å²) >= 11 is 1.39. The van der Waals surface area contributed by atoms with E-state index >= 15 is 0 Å². The lowest BCUT2D eigenvalue weighted by atomic mass is 10.3. The van der Waals surface area contributed by atoms with Crippen LogP contribution in [0.5, 0.6) is 0 Å². The standard InChI is InChI=1S/C10H8N6S/c1-16-10(13-14-15-16)17-9-6-11-7-4-2-3-5-8(7)12-9/h2-6H,1H3. The average Bonchev–Trinajstić information content (AvgIpc) is 2.75. The third kappa shape index (κ3) is 1.96. The molecule has 0 atom stereocenters. The van der Waals surface area contributed by atoms with Crippen molar-refractivity contribution in [1.29, 1.82) is 0 Å².